The molecule has 0 bridgehead atoms. The molecular formula is C14H15N3. The van der Waals surface area contributed by atoms with Crippen molar-refractivity contribution >= 4 is 5.82 Å². The molecule has 2 aromatic rings. The number of hydrogen-bond donors (Lipinski definition) is 0. The van der Waals surface area contributed by atoms with Crippen molar-refractivity contribution in [1.82, 2.24) is 9.97 Å². The molecule has 86 valence electrons. The minimum absolute atomic E-state index is 0.952. The molecule has 0 fully saturated rings. The van der Waals surface area contributed by atoms with Crippen molar-refractivity contribution in [2.45, 2.75) is 26.9 Å². The standard InChI is InChI=1S/C14H15N3/c1-10-11(2)15-9-16-14(10)17-7-12-5-3-4-6-13(12)8-17/h3-6,9H,7-8H2,1-2H3. The molecule has 0 atom stereocenters. The Bertz CT molecular complexity index is 538. The molecule has 0 spiro atoms. The van der Waals surface area contributed by atoms with Gasteiger partial charge in [0.15, 0.2) is 0 Å². The smallest absolute Gasteiger partial charge is 0.135 e. The Morgan fingerprint density at radius 3 is 2.29 bits per heavy atom. The minimum Gasteiger partial charge on any atom is -0.348 e. The molecule has 17 heavy (non-hydrogen) atoms. The molecule has 0 saturated carbocycles. The molecule has 0 radical (unpaired) electrons. The molecule has 0 saturated heterocycles. The number of aryl methyl sites for hydroxylation is 1. The predicted octanol–water partition coefficient (Wildman–Crippen LogP) is 2.61. The van der Waals surface area contributed by atoms with E-state index in [0.717, 1.165) is 24.6 Å². The molecule has 1 aliphatic rings. The third-order valence-corrected chi connectivity index (χ3v) is 3.45. The van der Waals surface area contributed by atoms with Gasteiger partial charge < -0.3 is 4.90 Å². The monoisotopic (exact) mass is 225 g/mol. The molecule has 3 heteroatoms. The van der Waals surface area contributed by atoms with Crippen molar-refractivity contribution < 1.29 is 0 Å². The van der Waals surface area contributed by atoms with E-state index in [4.69, 9.17) is 0 Å². The van der Waals surface area contributed by atoms with Gasteiger partial charge in [-0.2, -0.15) is 0 Å². The molecule has 1 aromatic heterocycles. The van der Waals surface area contributed by atoms with E-state index in [0.29, 0.717) is 0 Å². The van der Waals surface area contributed by atoms with E-state index in [-0.39, 0.29) is 0 Å². The number of hydrogen-bond acceptors (Lipinski definition) is 3. The molecule has 0 unspecified atom stereocenters. The summed E-state index contributed by atoms with van der Waals surface area (Å²) in [6.45, 7) is 6.03. The van der Waals surface area contributed by atoms with Gasteiger partial charge in [0.1, 0.15) is 12.1 Å². The van der Waals surface area contributed by atoms with Gasteiger partial charge in [-0.05, 0) is 25.0 Å². The highest BCUT2D eigenvalue weighted by Crippen LogP contribution is 2.28. The number of fused-ring (bicyclic) bond motifs is 1. The number of nitrogens with zero attached hydrogens (tertiary/aromatic N) is 3. The number of benzene rings is 1. The second-order valence-corrected chi connectivity index (χ2v) is 4.53. The van der Waals surface area contributed by atoms with Crippen LogP contribution in [0.15, 0.2) is 30.6 Å². The second-order valence-electron chi connectivity index (χ2n) is 4.53. The highest BCUT2D eigenvalue weighted by Gasteiger charge is 2.21. The average Bonchev–Trinajstić information content (AvgIpc) is 2.76. The van der Waals surface area contributed by atoms with Crippen LogP contribution in [0.2, 0.25) is 0 Å². The Morgan fingerprint density at radius 1 is 1.00 bits per heavy atom. The van der Waals surface area contributed by atoms with Crippen molar-refractivity contribution in [2.24, 2.45) is 0 Å². The Balaban J connectivity index is 1.97. The van der Waals surface area contributed by atoms with Crippen LogP contribution in [0.1, 0.15) is 22.4 Å². The molecule has 3 nitrogen and oxygen atoms in total. The topological polar surface area (TPSA) is 29.0 Å². The lowest BCUT2D eigenvalue weighted by atomic mass is 10.1. The van der Waals surface area contributed by atoms with Gasteiger partial charge in [-0.3, -0.25) is 0 Å². The number of aromatic nitrogens is 2. The highest BCUT2D eigenvalue weighted by atomic mass is 15.2. The van der Waals surface area contributed by atoms with Crippen molar-refractivity contribution in [3.05, 3.63) is 53.0 Å². The highest BCUT2D eigenvalue weighted by molar-refractivity contribution is 5.52. The Hall–Kier alpha value is -1.90. The van der Waals surface area contributed by atoms with Crippen LogP contribution in [-0.4, -0.2) is 9.97 Å². The summed E-state index contributed by atoms with van der Waals surface area (Å²) in [4.78, 5) is 11.0. The maximum Gasteiger partial charge on any atom is 0.135 e. The van der Waals surface area contributed by atoms with E-state index in [9.17, 15) is 0 Å². The summed E-state index contributed by atoms with van der Waals surface area (Å²) >= 11 is 0. The normalized spacial score (nSPS) is 13.9. The molecule has 1 aliphatic heterocycles. The zero-order chi connectivity index (χ0) is 11.8. The van der Waals surface area contributed by atoms with E-state index in [2.05, 4.69) is 46.1 Å². The van der Waals surface area contributed by atoms with Crippen LogP contribution in [-0.2, 0) is 13.1 Å². The second kappa shape index (κ2) is 3.84. The summed E-state index contributed by atoms with van der Waals surface area (Å²) in [5.74, 6) is 1.06. The van der Waals surface area contributed by atoms with Crippen LogP contribution in [0.5, 0.6) is 0 Å². The third-order valence-electron chi connectivity index (χ3n) is 3.45. The van der Waals surface area contributed by atoms with E-state index >= 15 is 0 Å². The largest absolute Gasteiger partial charge is 0.348 e. The first kappa shape index (κ1) is 10.3. The first-order valence-corrected chi connectivity index (χ1v) is 5.85. The van der Waals surface area contributed by atoms with Gasteiger partial charge in [0, 0.05) is 24.3 Å². The Kier molecular flexibility index (Phi) is 2.32. The first-order valence-electron chi connectivity index (χ1n) is 5.85. The molecule has 2 heterocycles. The summed E-state index contributed by atoms with van der Waals surface area (Å²) in [6, 6.07) is 8.58. The SMILES string of the molecule is Cc1ncnc(N2Cc3ccccc3C2)c1C. The maximum atomic E-state index is 4.42. The van der Waals surface area contributed by atoms with Crippen LogP contribution in [0, 0.1) is 13.8 Å². The number of anilines is 1. The van der Waals surface area contributed by atoms with Gasteiger partial charge in [0.2, 0.25) is 0 Å². The lowest BCUT2D eigenvalue weighted by molar-refractivity contribution is 0.838. The van der Waals surface area contributed by atoms with Gasteiger partial charge in [-0.15, -0.1) is 0 Å². The fourth-order valence-corrected chi connectivity index (χ4v) is 2.33. The molecule has 0 amide bonds. The summed E-state index contributed by atoms with van der Waals surface area (Å²) in [5, 5.41) is 0. The van der Waals surface area contributed by atoms with Gasteiger partial charge in [-0.25, -0.2) is 9.97 Å². The van der Waals surface area contributed by atoms with Crippen LogP contribution >= 0.6 is 0 Å². The van der Waals surface area contributed by atoms with Gasteiger partial charge in [-0.1, -0.05) is 24.3 Å². The summed E-state index contributed by atoms with van der Waals surface area (Å²) < 4.78 is 0. The van der Waals surface area contributed by atoms with Gasteiger partial charge >= 0.3 is 0 Å². The summed E-state index contributed by atoms with van der Waals surface area (Å²) in [7, 11) is 0. The van der Waals surface area contributed by atoms with E-state index in [1.165, 1.54) is 16.7 Å². The van der Waals surface area contributed by atoms with Crippen LogP contribution < -0.4 is 4.90 Å². The number of rotatable bonds is 1. The lowest BCUT2D eigenvalue weighted by Crippen LogP contribution is -2.18. The third kappa shape index (κ3) is 1.68. The van der Waals surface area contributed by atoms with E-state index in [1.54, 1.807) is 6.33 Å². The van der Waals surface area contributed by atoms with Crippen molar-refractivity contribution in [2.75, 3.05) is 4.90 Å². The van der Waals surface area contributed by atoms with Gasteiger partial charge in [0.25, 0.3) is 0 Å². The predicted molar refractivity (Wildman–Crippen MR) is 67.8 cm³/mol. The summed E-state index contributed by atoms with van der Waals surface area (Å²) in [6.07, 6.45) is 1.65. The Morgan fingerprint density at radius 2 is 1.65 bits per heavy atom. The van der Waals surface area contributed by atoms with Crippen molar-refractivity contribution in [3.63, 3.8) is 0 Å². The van der Waals surface area contributed by atoms with Gasteiger partial charge in [0.05, 0.1) is 0 Å². The van der Waals surface area contributed by atoms with E-state index in [1.807, 2.05) is 6.92 Å². The van der Waals surface area contributed by atoms with Crippen molar-refractivity contribution in [1.29, 1.82) is 0 Å². The minimum atomic E-state index is 0.952. The zero-order valence-corrected chi connectivity index (χ0v) is 10.1. The van der Waals surface area contributed by atoms with Crippen LogP contribution in [0.3, 0.4) is 0 Å². The fourth-order valence-electron chi connectivity index (χ4n) is 2.33. The van der Waals surface area contributed by atoms with Crippen LogP contribution in [0.25, 0.3) is 0 Å². The Labute approximate surface area is 101 Å². The quantitative estimate of drug-likeness (QED) is 0.747. The van der Waals surface area contributed by atoms with Crippen LogP contribution in [0.4, 0.5) is 5.82 Å². The van der Waals surface area contributed by atoms with E-state index < -0.39 is 0 Å². The maximum absolute atomic E-state index is 4.42. The average molecular weight is 225 g/mol. The molecule has 0 N–H and O–H groups in total. The summed E-state index contributed by atoms with van der Waals surface area (Å²) in [5.41, 5.74) is 5.05. The molecule has 3 rings (SSSR count). The first-order chi connectivity index (χ1) is 8.25. The lowest BCUT2D eigenvalue weighted by Gasteiger charge is -2.19. The fraction of sp³-hybridized carbons (Fsp3) is 0.286. The molecule has 1 aromatic carbocycles. The molecule has 0 aliphatic carbocycles. The zero-order valence-electron chi connectivity index (χ0n) is 10.1. The van der Waals surface area contributed by atoms with Crippen molar-refractivity contribution in [3.8, 4) is 0 Å². The molecular weight excluding hydrogens is 210 g/mol.